The summed E-state index contributed by atoms with van der Waals surface area (Å²) < 4.78 is 11.9. The molecule has 0 spiro atoms. The molecule has 1 aromatic rings. The number of nitrogens with zero attached hydrogens (tertiary/aromatic N) is 1. The van der Waals surface area contributed by atoms with E-state index in [0.29, 0.717) is 11.5 Å². The van der Waals surface area contributed by atoms with Crippen LogP contribution in [0.15, 0.2) is 24.3 Å². The van der Waals surface area contributed by atoms with Crippen molar-refractivity contribution >= 4 is 10.8 Å². The lowest BCUT2D eigenvalue weighted by atomic mass is 9.90. The topological polar surface area (TPSA) is 40.9 Å². The maximum atomic E-state index is 11.9. The van der Waals surface area contributed by atoms with E-state index in [1.807, 2.05) is 39.0 Å². The van der Waals surface area contributed by atoms with Crippen LogP contribution in [0.5, 0.6) is 0 Å². The van der Waals surface area contributed by atoms with Crippen molar-refractivity contribution < 1.29 is 4.21 Å². The maximum absolute atomic E-state index is 11.9. The Bertz CT molecular complexity index is 460. The van der Waals surface area contributed by atoms with E-state index in [1.165, 1.54) is 5.56 Å². The number of hydrogen-bond acceptors (Lipinski definition) is 2. The molecular formula is C15H21NOS. The van der Waals surface area contributed by atoms with Crippen molar-refractivity contribution in [2.75, 3.05) is 5.75 Å². The Balaban J connectivity index is 2.37. The molecule has 2 nitrogen and oxygen atoms in total. The van der Waals surface area contributed by atoms with E-state index in [4.69, 9.17) is 5.26 Å². The molecule has 0 amide bonds. The van der Waals surface area contributed by atoms with Crippen LogP contribution >= 0.6 is 0 Å². The van der Waals surface area contributed by atoms with Gasteiger partial charge in [-0.2, -0.15) is 5.26 Å². The molecule has 0 fully saturated rings. The van der Waals surface area contributed by atoms with Gasteiger partial charge in [0.25, 0.3) is 0 Å². The van der Waals surface area contributed by atoms with E-state index in [2.05, 4.69) is 12.1 Å². The van der Waals surface area contributed by atoms with Crippen LogP contribution in [-0.2, 0) is 16.6 Å². The molecule has 0 bridgehead atoms. The zero-order valence-electron chi connectivity index (χ0n) is 11.4. The van der Waals surface area contributed by atoms with Gasteiger partial charge in [-0.15, -0.1) is 0 Å². The number of hydrogen-bond donors (Lipinski definition) is 0. The zero-order chi connectivity index (χ0) is 13.6. The summed E-state index contributed by atoms with van der Waals surface area (Å²) in [6, 6.07) is 10.4. The molecule has 0 aliphatic carbocycles. The van der Waals surface area contributed by atoms with Crippen LogP contribution in [0.2, 0.25) is 0 Å². The molecule has 1 atom stereocenters. The summed E-state index contributed by atoms with van der Waals surface area (Å²) >= 11 is 0. The first kappa shape index (κ1) is 14.9. The van der Waals surface area contributed by atoms with Gasteiger partial charge in [-0.1, -0.05) is 29.8 Å². The van der Waals surface area contributed by atoms with Crippen LogP contribution in [-0.4, -0.2) is 9.96 Å². The fourth-order valence-corrected chi connectivity index (χ4v) is 2.95. The molecule has 0 aliphatic heterocycles. The largest absolute Gasteiger partial charge is 0.259 e. The number of aryl methyl sites for hydroxylation is 1. The Morgan fingerprint density at radius 1 is 1.39 bits per heavy atom. The Kier molecular flexibility index (Phi) is 5.55. The van der Waals surface area contributed by atoms with Crippen molar-refractivity contribution in [2.24, 2.45) is 5.41 Å². The first-order valence-electron chi connectivity index (χ1n) is 6.25. The average molecular weight is 263 g/mol. The molecule has 3 heteroatoms. The van der Waals surface area contributed by atoms with Gasteiger partial charge in [-0.05, 0) is 39.2 Å². The standard InChI is InChI=1S/C15H21NOS/c1-13-6-4-7-14(10-13)11-18(17)9-5-8-15(2,3)12-16/h4,6-7,10H,5,8-9,11H2,1-3H3. The summed E-state index contributed by atoms with van der Waals surface area (Å²) in [6.45, 7) is 5.90. The van der Waals surface area contributed by atoms with Gasteiger partial charge in [0.1, 0.15) is 0 Å². The van der Waals surface area contributed by atoms with Crippen molar-refractivity contribution in [3.05, 3.63) is 35.4 Å². The first-order valence-corrected chi connectivity index (χ1v) is 7.73. The molecule has 1 rings (SSSR count). The van der Waals surface area contributed by atoms with E-state index in [0.717, 1.165) is 18.4 Å². The van der Waals surface area contributed by atoms with Crippen molar-refractivity contribution in [1.82, 2.24) is 0 Å². The molecule has 0 aliphatic rings. The predicted molar refractivity (Wildman–Crippen MR) is 76.5 cm³/mol. The Labute approximate surface area is 112 Å². The third kappa shape index (κ3) is 5.46. The summed E-state index contributed by atoms with van der Waals surface area (Å²) in [5, 5.41) is 8.90. The van der Waals surface area contributed by atoms with E-state index in [-0.39, 0.29) is 5.41 Å². The number of nitriles is 1. The van der Waals surface area contributed by atoms with E-state index in [1.54, 1.807) is 0 Å². The van der Waals surface area contributed by atoms with Crippen molar-refractivity contribution in [1.29, 1.82) is 5.26 Å². The molecule has 1 aromatic carbocycles. The number of rotatable bonds is 6. The molecular weight excluding hydrogens is 242 g/mol. The highest BCUT2D eigenvalue weighted by atomic mass is 32.2. The van der Waals surface area contributed by atoms with Gasteiger partial charge >= 0.3 is 0 Å². The molecule has 18 heavy (non-hydrogen) atoms. The highest BCUT2D eigenvalue weighted by Gasteiger charge is 2.16. The third-order valence-electron chi connectivity index (χ3n) is 2.89. The third-order valence-corrected chi connectivity index (χ3v) is 4.29. The normalized spacial score (nSPS) is 13.0. The van der Waals surface area contributed by atoms with Gasteiger partial charge in [0.05, 0.1) is 11.5 Å². The van der Waals surface area contributed by atoms with Crippen molar-refractivity contribution in [3.63, 3.8) is 0 Å². The van der Waals surface area contributed by atoms with Gasteiger partial charge in [0.2, 0.25) is 0 Å². The summed E-state index contributed by atoms with van der Waals surface area (Å²) in [4.78, 5) is 0. The van der Waals surface area contributed by atoms with Gasteiger partial charge in [0, 0.05) is 22.3 Å². The summed E-state index contributed by atoms with van der Waals surface area (Å²) in [5.41, 5.74) is 2.04. The van der Waals surface area contributed by atoms with Gasteiger partial charge in [0.15, 0.2) is 0 Å². The quantitative estimate of drug-likeness (QED) is 0.787. The molecule has 0 saturated heterocycles. The lowest BCUT2D eigenvalue weighted by molar-refractivity contribution is 0.447. The molecule has 0 radical (unpaired) electrons. The monoisotopic (exact) mass is 263 g/mol. The lowest BCUT2D eigenvalue weighted by Gasteiger charge is -2.14. The molecule has 0 heterocycles. The zero-order valence-corrected chi connectivity index (χ0v) is 12.2. The second kappa shape index (κ2) is 6.70. The summed E-state index contributed by atoms with van der Waals surface area (Å²) in [7, 11) is -0.825. The summed E-state index contributed by atoms with van der Waals surface area (Å²) in [5.74, 6) is 1.30. The Morgan fingerprint density at radius 3 is 2.72 bits per heavy atom. The molecule has 0 N–H and O–H groups in total. The average Bonchev–Trinajstić information content (AvgIpc) is 2.28. The van der Waals surface area contributed by atoms with Gasteiger partial charge in [-0.3, -0.25) is 4.21 Å². The van der Waals surface area contributed by atoms with Crippen LogP contribution in [0.25, 0.3) is 0 Å². The summed E-state index contributed by atoms with van der Waals surface area (Å²) in [6.07, 6.45) is 1.65. The Hall–Kier alpha value is -1.14. The highest BCUT2D eigenvalue weighted by Crippen LogP contribution is 2.21. The SMILES string of the molecule is Cc1cccc(CS(=O)CCCC(C)(C)C#N)c1. The fraction of sp³-hybridized carbons (Fsp3) is 0.533. The number of benzene rings is 1. The maximum Gasteiger partial charge on any atom is 0.0683 e. The van der Waals surface area contributed by atoms with Crippen molar-refractivity contribution in [2.45, 2.75) is 39.4 Å². The molecule has 0 saturated carbocycles. The smallest absolute Gasteiger partial charge is 0.0683 e. The van der Waals surface area contributed by atoms with Crippen LogP contribution in [0.3, 0.4) is 0 Å². The van der Waals surface area contributed by atoms with E-state index in [9.17, 15) is 4.21 Å². The fourth-order valence-electron chi connectivity index (χ4n) is 1.79. The van der Waals surface area contributed by atoms with Gasteiger partial charge < -0.3 is 0 Å². The minimum absolute atomic E-state index is 0.298. The van der Waals surface area contributed by atoms with Crippen molar-refractivity contribution in [3.8, 4) is 6.07 Å². The van der Waals surface area contributed by atoms with E-state index >= 15 is 0 Å². The second-order valence-corrected chi connectivity index (χ2v) is 6.95. The molecule has 98 valence electrons. The molecule has 0 aromatic heterocycles. The Morgan fingerprint density at radius 2 is 2.11 bits per heavy atom. The first-order chi connectivity index (χ1) is 8.43. The minimum atomic E-state index is -0.825. The second-order valence-electron chi connectivity index (χ2n) is 5.38. The lowest BCUT2D eigenvalue weighted by Crippen LogP contribution is -2.10. The van der Waals surface area contributed by atoms with Gasteiger partial charge in [-0.25, -0.2) is 0 Å². The highest BCUT2D eigenvalue weighted by molar-refractivity contribution is 7.84. The van der Waals surface area contributed by atoms with Crippen LogP contribution < -0.4 is 0 Å². The predicted octanol–water partition coefficient (Wildman–Crippen LogP) is 3.57. The van der Waals surface area contributed by atoms with Crippen LogP contribution in [0, 0.1) is 23.7 Å². The van der Waals surface area contributed by atoms with Crippen LogP contribution in [0.4, 0.5) is 0 Å². The minimum Gasteiger partial charge on any atom is -0.259 e. The van der Waals surface area contributed by atoms with E-state index < -0.39 is 10.8 Å². The molecule has 1 unspecified atom stereocenters. The van der Waals surface area contributed by atoms with Crippen LogP contribution in [0.1, 0.15) is 37.8 Å².